The lowest BCUT2D eigenvalue weighted by molar-refractivity contribution is -0.133. The van der Waals surface area contributed by atoms with Crippen LogP contribution in [0.2, 0.25) is 5.02 Å². The molecular weight excluding hydrogens is 413 g/mol. The Bertz CT molecular complexity index is 1060. The topological polar surface area (TPSA) is 111 Å². The Morgan fingerprint density at radius 3 is 2.87 bits per heavy atom. The van der Waals surface area contributed by atoms with Crippen LogP contribution in [0.5, 0.6) is 0 Å². The van der Waals surface area contributed by atoms with E-state index in [1.165, 1.54) is 12.1 Å². The van der Waals surface area contributed by atoms with Gasteiger partial charge in [-0.1, -0.05) is 24.1 Å². The monoisotopic (exact) mass is 433 g/mol. The number of nitrogens with one attached hydrogen (secondary N) is 2. The van der Waals surface area contributed by atoms with E-state index in [-0.39, 0.29) is 17.1 Å². The molecule has 3 rings (SSSR count). The van der Waals surface area contributed by atoms with Gasteiger partial charge in [0.15, 0.2) is 0 Å². The fourth-order valence-corrected chi connectivity index (χ4v) is 3.19. The van der Waals surface area contributed by atoms with E-state index in [0.717, 1.165) is 19.3 Å². The van der Waals surface area contributed by atoms with Crippen LogP contribution in [0.3, 0.4) is 0 Å². The van der Waals surface area contributed by atoms with E-state index in [0.29, 0.717) is 35.8 Å². The van der Waals surface area contributed by atoms with Crippen molar-refractivity contribution in [2.75, 3.05) is 11.9 Å². The first kappa shape index (κ1) is 21.5. The first-order valence-electron chi connectivity index (χ1n) is 9.35. The number of amides is 1. The number of benzene rings is 2. The summed E-state index contributed by atoms with van der Waals surface area (Å²) in [6.07, 6.45) is 2.67. The molecule has 4 N–H and O–H groups in total. The molecule has 0 fully saturated rings. The summed E-state index contributed by atoms with van der Waals surface area (Å²) in [6, 6.07) is 9.41. The number of unbranched alkanes of at least 4 members (excludes halogenated alkanes) is 2. The van der Waals surface area contributed by atoms with Crippen molar-refractivity contribution in [2.45, 2.75) is 25.8 Å². The minimum atomic E-state index is -0.574. The second kappa shape index (κ2) is 10.0. The zero-order valence-corrected chi connectivity index (χ0v) is 16.8. The molecule has 1 amide bonds. The summed E-state index contributed by atoms with van der Waals surface area (Å²) in [5.74, 6) is -0.608. The van der Waals surface area contributed by atoms with Gasteiger partial charge in [0.1, 0.15) is 5.82 Å². The number of nitrogens with zero attached hydrogens (tertiary/aromatic N) is 2. The van der Waals surface area contributed by atoms with Gasteiger partial charge in [-0.15, -0.1) is 0 Å². The first-order chi connectivity index (χ1) is 14.5. The second-order valence-electron chi connectivity index (χ2n) is 6.54. The number of nitrogens with two attached hydrogens (primary N) is 1. The molecule has 8 nitrogen and oxygen atoms in total. The molecule has 158 valence electrons. The van der Waals surface area contributed by atoms with Gasteiger partial charge in [0.25, 0.3) is 5.91 Å². The number of rotatable bonds is 10. The van der Waals surface area contributed by atoms with Crippen LogP contribution in [0.1, 0.15) is 29.6 Å². The lowest BCUT2D eigenvalue weighted by atomic mass is 10.2. The zero-order chi connectivity index (χ0) is 21.5. The van der Waals surface area contributed by atoms with Gasteiger partial charge >= 0.3 is 6.47 Å². The summed E-state index contributed by atoms with van der Waals surface area (Å²) in [7, 11) is 0. The molecule has 3 aromatic rings. The number of carbonyl (C=O) groups is 2. The third-order valence-electron chi connectivity index (χ3n) is 4.46. The molecule has 0 aliphatic heterocycles. The van der Waals surface area contributed by atoms with Crippen molar-refractivity contribution in [3.05, 3.63) is 52.8 Å². The highest BCUT2D eigenvalue weighted by atomic mass is 35.5. The summed E-state index contributed by atoms with van der Waals surface area (Å²) in [6.45, 7) is 1.34. The van der Waals surface area contributed by atoms with Crippen LogP contribution >= 0.6 is 11.6 Å². The predicted molar refractivity (Wildman–Crippen MR) is 112 cm³/mol. The van der Waals surface area contributed by atoms with Gasteiger partial charge in [-0.25, -0.2) is 9.37 Å². The molecule has 0 aliphatic rings. The highest BCUT2D eigenvalue weighted by Crippen LogP contribution is 2.28. The van der Waals surface area contributed by atoms with Crippen molar-refractivity contribution in [1.82, 2.24) is 15.0 Å². The Hall–Kier alpha value is -3.17. The number of imidazole rings is 1. The maximum Gasteiger partial charge on any atom is 0.320 e. The van der Waals surface area contributed by atoms with Gasteiger partial charge in [-0.3, -0.25) is 9.59 Å². The number of hydroxylamine groups is 1. The van der Waals surface area contributed by atoms with Gasteiger partial charge in [0.05, 0.1) is 16.1 Å². The van der Waals surface area contributed by atoms with E-state index in [2.05, 4.69) is 15.1 Å². The molecule has 0 aliphatic carbocycles. The summed E-state index contributed by atoms with van der Waals surface area (Å²) < 4.78 is 15.9. The molecule has 1 heterocycles. The van der Waals surface area contributed by atoms with Crippen LogP contribution in [0.25, 0.3) is 11.0 Å². The van der Waals surface area contributed by atoms with Gasteiger partial charge in [-0.2, -0.15) is 5.48 Å². The van der Waals surface area contributed by atoms with Crippen molar-refractivity contribution in [3.8, 4) is 0 Å². The molecule has 30 heavy (non-hydrogen) atoms. The van der Waals surface area contributed by atoms with E-state index in [9.17, 15) is 14.0 Å². The second-order valence-corrected chi connectivity index (χ2v) is 6.95. The number of hydrogen-bond acceptors (Lipinski definition) is 6. The van der Waals surface area contributed by atoms with E-state index in [1.54, 1.807) is 24.3 Å². The standard InChI is InChI=1S/C20H21ClFN5O3/c21-15-10-17-18(11-16(15)22)27(8-3-1-2-7-23)20(25-17)24-14-6-4-5-13(9-14)19(29)26-30-12-28/h4-6,9-12H,1-3,7-8,23H2,(H,24,25)(H,26,29). The lowest BCUT2D eigenvalue weighted by Gasteiger charge is -2.12. The van der Waals surface area contributed by atoms with E-state index in [4.69, 9.17) is 17.3 Å². The van der Waals surface area contributed by atoms with Gasteiger partial charge in [-0.05, 0) is 43.7 Å². The third-order valence-corrected chi connectivity index (χ3v) is 4.75. The lowest BCUT2D eigenvalue weighted by Crippen LogP contribution is -2.23. The maximum absolute atomic E-state index is 14.1. The molecule has 10 heteroatoms. The van der Waals surface area contributed by atoms with Crippen molar-refractivity contribution in [1.29, 1.82) is 0 Å². The fourth-order valence-electron chi connectivity index (χ4n) is 3.04. The molecule has 2 aromatic carbocycles. The number of anilines is 2. The molecule has 0 bridgehead atoms. The molecule has 0 atom stereocenters. The number of fused-ring (bicyclic) bond motifs is 1. The smallest absolute Gasteiger partial charge is 0.320 e. The quantitative estimate of drug-likeness (QED) is 0.256. The molecule has 0 saturated heterocycles. The molecular formula is C20H21ClFN5O3. The molecule has 0 unspecified atom stereocenters. The summed E-state index contributed by atoms with van der Waals surface area (Å²) in [5.41, 5.74) is 9.59. The van der Waals surface area contributed by atoms with Crippen molar-refractivity contribution >= 4 is 46.6 Å². The molecule has 0 spiro atoms. The Morgan fingerprint density at radius 2 is 2.10 bits per heavy atom. The molecule has 1 aromatic heterocycles. The van der Waals surface area contributed by atoms with Crippen LogP contribution in [0.15, 0.2) is 36.4 Å². The van der Waals surface area contributed by atoms with Crippen LogP contribution in [-0.2, 0) is 16.2 Å². The maximum atomic E-state index is 14.1. The minimum Gasteiger partial charge on any atom is -0.344 e. The van der Waals surface area contributed by atoms with Gasteiger partial charge in [0, 0.05) is 23.9 Å². The Labute approximate surface area is 177 Å². The number of aryl methyl sites for hydroxylation is 1. The van der Waals surface area contributed by atoms with Crippen LogP contribution in [-0.4, -0.2) is 28.5 Å². The van der Waals surface area contributed by atoms with Crippen molar-refractivity contribution in [3.63, 3.8) is 0 Å². The fraction of sp³-hybridized carbons (Fsp3) is 0.250. The van der Waals surface area contributed by atoms with Crippen LogP contribution in [0, 0.1) is 5.82 Å². The van der Waals surface area contributed by atoms with Gasteiger partial charge < -0.3 is 20.5 Å². The Balaban J connectivity index is 1.91. The van der Waals surface area contributed by atoms with Crippen LogP contribution < -0.4 is 16.5 Å². The van der Waals surface area contributed by atoms with Gasteiger partial charge in [0.2, 0.25) is 5.95 Å². The van der Waals surface area contributed by atoms with E-state index < -0.39 is 11.7 Å². The summed E-state index contributed by atoms with van der Waals surface area (Å²) >= 11 is 5.91. The highest BCUT2D eigenvalue weighted by Gasteiger charge is 2.15. The Kier molecular flexibility index (Phi) is 7.21. The van der Waals surface area contributed by atoms with Crippen molar-refractivity contribution < 1.29 is 18.8 Å². The van der Waals surface area contributed by atoms with Crippen molar-refractivity contribution in [2.24, 2.45) is 5.73 Å². The number of hydrogen-bond donors (Lipinski definition) is 3. The van der Waals surface area contributed by atoms with Crippen LogP contribution in [0.4, 0.5) is 16.0 Å². The normalized spacial score (nSPS) is 10.8. The average Bonchev–Trinajstić information content (AvgIpc) is 3.05. The SMILES string of the molecule is NCCCCCn1c(Nc2cccc(C(=O)NOC=O)c2)nc2cc(Cl)c(F)cc21. The minimum absolute atomic E-state index is 0.00400. The Morgan fingerprint density at radius 1 is 1.27 bits per heavy atom. The summed E-state index contributed by atoms with van der Waals surface area (Å²) in [4.78, 5) is 31.0. The zero-order valence-electron chi connectivity index (χ0n) is 16.0. The largest absolute Gasteiger partial charge is 0.344 e. The number of halogens is 2. The predicted octanol–water partition coefficient (Wildman–Crippen LogP) is 3.52. The number of carbonyl (C=O) groups excluding carboxylic acids is 2. The molecule has 0 radical (unpaired) electrons. The van der Waals surface area contributed by atoms with E-state index in [1.807, 2.05) is 10.0 Å². The molecule has 0 saturated carbocycles. The third kappa shape index (κ3) is 5.05. The number of aromatic nitrogens is 2. The average molecular weight is 434 g/mol. The summed E-state index contributed by atoms with van der Waals surface area (Å²) in [5, 5.41) is 3.16. The first-order valence-corrected chi connectivity index (χ1v) is 9.73. The highest BCUT2D eigenvalue weighted by molar-refractivity contribution is 6.31. The van der Waals surface area contributed by atoms with E-state index >= 15 is 0 Å².